The summed E-state index contributed by atoms with van der Waals surface area (Å²) in [5.41, 5.74) is 1.20. The fourth-order valence-electron chi connectivity index (χ4n) is 2.83. The Labute approximate surface area is 133 Å². The largest absolute Gasteiger partial charge is 0.494 e. The Morgan fingerprint density at radius 1 is 1.36 bits per heavy atom. The van der Waals surface area contributed by atoms with Gasteiger partial charge in [0.15, 0.2) is 0 Å². The molecule has 1 aromatic rings. The van der Waals surface area contributed by atoms with Gasteiger partial charge in [0.05, 0.1) is 6.61 Å². The maximum Gasteiger partial charge on any atom is 0.222 e. The highest BCUT2D eigenvalue weighted by molar-refractivity contribution is 5.76. The molecule has 0 bridgehead atoms. The molecule has 0 radical (unpaired) electrons. The number of ether oxygens (including phenoxy) is 1. The molecule has 22 heavy (non-hydrogen) atoms. The second kappa shape index (κ2) is 8.18. The number of carbonyl (C=O) groups is 1. The van der Waals surface area contributed by atoms with Crippen LogP contribution in [0.25, 0.3) is 0 Å². The van der Waals surface area contributed by atoms with Crippen molar-refractivity contribution in [1.29, 1.82) is 0 Å². The first kappa shape index (κ1) is 16.8. The molecule has 1 N–H and O–H groups in total. The summed E-state index contributed by atoms with van der Waals surface area (Å²) in [6.45, 7) is 8.71. The Hall–Kier alpha value is -1.55. The van der Waals surface area contributed by atoms with Gasteiger partial charge in [-0.1, -0.05) is 12.1 Å². The normalized spacial score (nSPS) is 21.7. The van der Waals surface area contributed by atoms with Crippen molar-refractivity contribution in [2.24, 2.45) is 0 Å². The maximum absolute atomic E-state index is 12.3. The van der Waals surface area contributed by atoms with Crippen molar-refractivity contribution in [3.8, 4) is 5.75 Å². The Balaban J connectivity index is 1.65. The molecule has 1 fully saturated rings. The Kier molecular flexibility index (Phi) is 6.25. The average molecular weight is 304 g/mol. The minimum atomic E-state index is 0.274. The number of unbranched alkanes of at least 4 members (excludes halogenated alkanes) is 1. The van der Waals surface area contributed by atoms with Crippen molar-refractivity contribution in [2.75, 3.05) is 19.7 Å². The Morgan fingerprint density at radius 2 is 2.18 bits per heavy atom. The van der Waals surface area contributed by atoms with E-state index in [1.54, 1.807) is 0 Å². The van der Waals surface area contributed by atoms with E-state index in [0.717, 1.165) is 31.7 Å². The van der Waals surface area contributed by atoms with Gasteiger partial charge in [0, 0.05) is 31.6 Å². The predicted octanol–water partition coefficient (Wildman–Crippen LogP) is 2.75. The molecule has 1 saturated heterocycles. The second-order valence-corrected chi connectivity index (χ2v) is 6.19. The SMILES string of the molecule is Cc1cccc(OCCCCC(=O)N2CCNC(C)C2C)c1. The quantitative estimate of drug-likeness (QED) is 0.822. The van der Waals surface area contributed by atoms with Crippen molar-refractivity contribution >= 4 is 5.91 Å². The molecule has 0 spiro atoms. The van der Waals surface area contributed by atoms with Crippen molar-refractivity contribution in [3.05, 3.63) is 29.8 Å². The van der Waals surface area contributed by atoms with E-state index in [1.165, 1.54) is 5.56 Å². The average Bonchev–Trinajstić information content (AvgIpc) is 2.49. The van der Waals surface area contributed by atoms with Gasteiger partial charge in [0.25, 0.3) is 0 Å². The number of hydrogen-bond acceptors (Lipinski definition) is 3. The standard InChI is InChI=1S/C18H28N2O2/c1-14-7-6-8-17(13-14)22-12-5-4-9-18(21)20-11-10-19-15(2)16(20)3/h6-8,13,15-16,19H,4-5,9-12H2,1-3H3. The molecule has 1 aliphatic heterocycles. The monoisotopic (exact) mass is 304 g/mol. The zero-order valence-corrected chi connectivity index (χ0v) is 14.0. The fraction of sp³-hybridized carbons (Fsp3) is 0.611. The van der Waals surface area contributed by atoms with Crippen LogP contribution in [0.1, 0.15) is 38.7 Å². The summed E-state index contributed by atoms with van der Waals surface area (Å²) in [5, 5.41) is 3.40. The third kappa shape index (κ3) is 4.73. The topological polar surface area (TPSA) is 41.6 Å². The van der Waals surface area contributed by atoms with E-state index in [0.29, 0.717) is 19.1 Å². The number of hydrogen-bond donors (Lipinski definition) is 1. The summed E-state index contributed by atoms with van der Waals surface area (Å²) in [7, 11) is 0. The molecule has 1 heterocycles. The van der Waals surface area contributed by atoms with Gasteiger partial charge in [0.2, 0.25) is 5.91 Å². The van der Waals surface area contributed by atoms with Gasteiger partial charge >= 0.3 is 0 Å². The molecule has 0 aliphatic carbocycles. The summed E-state index contributed by atoms with van der Waals surface area (Å²) >= 11 is 0. The van der Waals surface area contributed by atoms with E-state index >= 15 is 0 Å². The third-order valence-corrected chi connectivity index (χ3v) is 4.40. The first-order chi connectivity index (χ1) is 10.6. The first-order valence-corrected chi connectivity index (χ1v) is 8.30. The number of carbonyl (C=O) groups excluding carboxylic acids is 1. The zero-order chi connectivity index (χ0) is 15.9. The molecule has 122 valence electrons. The molecule has 4 nitrogen and oxygen atoms in total. The summed E-state index contributed by atoms with van der Waals surface area (Å²) in [6.07, 6.45) is 2.42. The molecule has 1 aromatic carbocycles. The van der Waals surface area contributed by atoms with Gasteiger partial charge in [-0.15, -0.1) is 0 Å². The van der Waals surface area contributed by atoms with Crippen LogP contribution in [0, 0.1) is 6.92 Å². The van der Waals surface area contributed by atoms with Gasteiger partial charge < -0.3 is 15.0 Å². The number of nitrogens with zero attached hydrogens (tertiary/aromatic N) is 1. The lowest BCUT2D eigenvalue weighted by molar-refractivity contribution is -0.135. The fourth-order valence-corrected chi connectivity index (χ4v) is 2.83. The van der Waals surface area contributed by atoms with Crippen LogP contribution < -0.4 is 10.1 Å². The number of amides is 1. The van der Waals surface area contributed by atoms with E-state index in [2.05, 4.69) is 32.2 Å². The minimum Gasteiger partial charge on any atom is -0.494 e. The van der Waals surface area contributed by atoms with Crippen LogP contribution in [0.3, 0.4) is 0 Å². The Bertz CT molecular complexity index is 490. The number of rotatable bonds is 6. The first-order valence-electron chi connectivity index (χ1n) is 8.30. The zero-order valence-electron chi connectivity index (χ0n) is 14.0. The molecule has 1 amide bonds. The van der Waals surface area contributed by atoms with Gasteiger partial charge in [-0.05, 0) is 51.3 Å². The molecule has 4 heteroatoms. The number of benzene rings is 1. The highest BCUT2D eigenvalue weighted by Gasteiger charge is 2.27. The third-order valence-electron chi connectivity index (χ3n) is 4.40. The van der Waals surface area contributed by atoms with Crippen LogP contribution in [0.4, 0.5) is 0 Å². The van der Waals surface area contributed by atoms with E-state index in [4.69, 9.17) is 4.74 Å². The summed E-state index contributed by atoms with van der Waals surface area (Å²) in [5.74, 6) is 1.19. The maximum atomic E-state index is 12.3. The molecule has 0 saturated carbocycles. The van der Waals surface area contributed by atoms with E-state index in [-0.39, 0.29) is 11.9 Å². The highest BCUT2D eigenvalue weighted by Crippen LogP contribution is 2.14. The molecule has 2 atom stereocenters. The van der Waals surface area contributed by atoms with Gasteiger partial charge in [0.1, 0.15) is 5.75 Å². The molecule has 2 rings (SSSR count). The summed E-state index contributed by atoms with van der Waals surface area (Å²) < 4.78 is 5.72. The van der Waals surface area contributed by atoms with Crippen molar-refractivity contribution in [3.63, 3.8) is 0 Å². The minimum absolute atomic E-state index is 0.274. The highest BCUT2D eigenvalue weighted by atomic mass is 16.5. The summed E-state index contributed by atoms with van der Waals surface area (Å²) in [6, 6.07) is 8.73. The van der Waals surface area contributed by atoms with Crippen LogP contribution in [0.15, 0.2) is 24.3 Å². The van der Waals surface area contributed by atoms with Crippen LogP contribution in [0.2, 0.25) is 0 Å². The number of aryl methyl sites for hydroxylation is 1. The van der Waals surface area contributed by atoms with Crippen molar-refractivity contribution < 1.29 is 9.53 Å². The number of piperazine rings is 1. The lowest BCUT2D eigenvalue weighted by Gasteiger charge is -2.38. The smallest absolute Gasteiger partial charge is 0.222 e. The Morgan fingerprint density at radius 3 is 2.95 bits per heavy atom. The predicted molar refractivity (Wildman–Crippen MR) is 89.2 cm³/mol. The molecular formula is C18H28N2O2. The van der Waals surface area contributed by atoms with Gasteiger partial charge in [-0.3, -0.25) is 4.79 Å². The second-order valence-electron chi connectivity index (χ2n) is 6.19. The van der Waals surface area contributed by atoms with Crippen LogP contribution in [-0.2, 0) is 4.79 Å². The van der Waals surface area contributed by atoms with Crippen LogP contribution in [-0.4, -0.2) is 42.6 Å². The van der Waals surface area contributed by atoms with Crippen LogP contribution in [0.5, 0.6) is 5.75 Å². The summed E-state index contributed by atoms with van der Waals surface area (Å²) in [4.78, 5) is 14.3. The molecule has 0 aromatic heterocycles. The van der Waals surface area contributed by atoms with E-state index in [1.807, 2.05) is 23.1 Å². The molecule has 2 unspecified atom stereocenters. The van der Waals surface area contributed by atoms with Crippen LogP contribution >= 0.6 is 0 Å². The molecule has 1 aliphatic rings. The van der Waals surface area contributed by atoms with E-state index < -0.39 is 0 Å². The van der Waals surface area contributed by atoms with Gasteiger partial charge in [-0.2, -0.15) is 0 Å². The van der Waals surface area contributed by atoms with Crippen molar-refractivity contribution in [1.82, 2.24) is 10.2 Å². The number of nitrogens with one attached hydrogen (secondary N) is 1. The molecular weight excluding hydrogens is 276 g/mol. The van der Waals surface area contributed by atoms with E-state index in [9.17, 15) is 4.79 Å². The van der Waals surface area contributed by atoms with Gasteiger partial charge in [-0.25, -0.2) is 0 Å². The lowest BCUT2D eigenvalue weighted by atomic mass is 10.1. The lowest BCUT2D eigenvalue weighted by Crippen LogP contribution is -2.57. The van der Waals surface area contributed by atoms with Crippen molar-refractivity contribution in [2.45, 2.75) is 52.1 Å².